The van der Waals surface area contributed by atoms with Crippen molar-refractivity contribution < 1.29 is 24.1 Å². The number of carbonyl (C=O) groups is 1. The third-order valence-corrected chi connectivity index (χ3v) is 4.07. The molecule has 5 heteroatoms. The molecule has 0 fully saturated rings. The van der Waals surface area contributed by atoms with E-state index in [1.807, 2.05) is 31.2 Å². The molecule has 0 amide bonds. The van der Waals surface area contributed by atoms with Gasteiger partial charge in [0, 0.05) is 0 Å². The molecular formula is C19H22O5. The summed E-state index contributed by atoms with van der Waals surface area (Å²) in [5, 5.41) is 9.72. The Hall–Kier alpha value is -2.69. The minimum Gasteiger partial charge on any atom is -0.493 e. The highest BCUT2D eigenvalue weighted by Gasteiger charge is 2.25. The zero-order valence-corrected chi connectivity index (χ0v) is 14.3. The third-order valence-electron chi connectivity index (χ3n) is 4.07. The number of methoxy groups -OCH3 is 3. The van der Waals surface area contributed by atoms with E-state index in [4.69, 9.17) is 14.2 Å². The van der Waals surface area contributed by atoms with Crippen LogP contribution in [0.5, 0.6) is 17.2 Å². The van der Waals surface area contributed by atoms with Crippen LogP contribution >= 0.6 is 0 Å². The maximum atomic E-state index is 11.9. The van der Waals surface area contributed by atoms with Gasteiger partial charge < -0.3 is 19.3 Å². The first-order valence-corrected chi connectivity index (χ1v) is 7.59. The molecule has 0 aromatic heterocycles. The quantitative estimate of drug-likeness (QED) is 0.842. The van der Waals surface area contributed by atoms with Crippen LogP contribution in [0.1, 0.15) is 22.6 Å². The lowest BCUT2D eigenvalue weighted by Crippen LogP contribution is -2.15. The monoisotopic (exact) mass is 330 g/mol. The van der Waals surface area contributed by atoms with Crippen molar-refractivity contribution in [3.05, 3.63) is 53.1 Å². The summed E-state index contributed by atoms with van der Waals surface area (Å²) in [7, 11) is 4.54. The van der Waals surface area contributed by atoms with Crippen molar-refractivity contribution in [3.63, 3.8) is 0 Å². The van der Waals surface area contributed by atoms with Gasteiger partial charge in [-0.25, -0.2) is 0 Å². The van der Waals surface area contributed by atoms with Gasteiger partial charge in [0.05, 0.1) is 27.2 Å². The van der Waals surface area contributed by atoms with Gasteiger partial charge in [-0.1, -0.05) is 24.3 Å². The average Bonchev–Trinajstić information content (AvgIpc) is 2.59. The number of rotatable bonds is 7. The second-order valence-corrected chi connectivity index (χ2v) is 5.48. The molecule has 0 radical (unpaired) electrons. The summed E-state index contributed by atoms with van der Waals surface area (Å²) in [6.07, 6.45) is 0.390. The smallest absolute Gasteiger partial charge is 0.311 e. The Balaban J connectivity index is 2.48. The van der Waals surface area contributed by atoms with Crippen molar-refractivity contribution in [2.24, 2.45) is 0 Å². The topological polar surface area (TPSA) is 65.0 Å². The van der Waals surface area contributed by atoms with Crippen LogP contribution in [0.2, 0.25) is 0 Å². The van der Waals surface area contributed by atoms with Crippen LogP contribution in [0.3, 0.4) is 0 Å². The largest absolute Gasteiger partial charge is 0.493 e. The molecule has 1 atom stereocenters. The van der Waals surface area contributed by atoms with E-state index >= 15 is 0 Å². The second kappa shape index (κ2) is 7.73. The molecule has 0 unspecified atom stereocenters. The molecule has 0 saturated carbocycles. The molecule has 2 aromatic carbocycles. The SMILES string of the molecule is COc1cc([C@H](Cc2ccccc2C)C(=O)O)cc(OC)c1OC. The van der Waals surface area contributed by atoms with Crippen molar-refractivity contribution in [1.29, 1.82) is 0 Å². The maximum Gasteiger partial charge on any atom is 0.311 e. The van der Waals surface area contributed by atoms with Gasteiger partial charge >= 0.3 is 5.97 Å². The van der Waals surface area contributed by atoms with E-state index in [0.29, 0.717) is 29.2 Å². The summed E-state index contributed by atoms with van der Waals surface area (Å²) in [5.41, 5.74) is 2.68. The van der Waals surface area contributed by atoms with Gasteiger partial charge in [0.15, 0.2) is 11.5 Å². The summed E-state index contributed by atoms with van der Waals surface area (Å²) in [6.45, 7) is 1.98. The summed E-state index contributed by atoms with van der Waals surface area (Å²) >= 11 is 0. The molecule has 0 heterocycles. The molecule has 1 N–H and O–H groups in total. The first kappa shape index (κ1) is 17.7. The standard InChI is InChI=1S/C19H22O5/c1-12-7-5-6-8-13(12)9-15(19(20)21)14-10-16(22-2)18(24-4)17(11-14)23-3/h5-8,10-11,15H,9H2,1-4H3,(H,20,21)/t15-/m0/s1. The first-order valence-electron chi connectivity index (χ1n) is 7.59. The Labute approximate surface area is 141 Å². The van der Waals surface area contributed by atoms with Gasteiger partial charge in [-0.15, -0.1) is 0 Å². The van der Waals surface area contributed by atoms with Crippen LogP contribution in [0, 0.1) is 6.92 Å². The highest BCUT2D eigenvalue weighted by Crippen LogP contribution is 2.40. The zero-order chi connectivity index (χ0) is 17.7. The molecule has 128 valence electrons. The van der Waals surface area contributed by atoms with Crippen LogP contribution in [-0.2, 0) is 11.2 Å². The lowest BCUT2D eigenvalue weighted by atomic mass is 9.90. The van der Waals surface area contributed by atoms with E-state index in [1.54, 1.807) is 12.1 Å². The Morgan fingerprint density at radius 3 is 2.08 bits per heavy atom. The van der Waals surface area contributed by atoms with Crippen LogP contribution in [0.15, 0.2) is 36.4 Å². The molecule has 0 aliphatic heterocycles. The number of ether oxygens (including phenoxy) is 3. The first-order chi connectivity index (χ1) is 11.5. The van der Waals surface area contributed by atoms with Crippen molar-refractivity contribution in [3.8, 4) is 17.2 Å². The van der Waals surface area contributed by atoms with E-state index in [1.165, 1.54) is 21.3 Å². The van der Waals surface area contributed by atoms with Gasteiger partial charge in [0.1, 0.15) is 0 Å². The lowest BCUT2D eigenvalue weighted by Gasteiger charge is -2.18. The summed E-state index contributed by atoms with van der Waals surface area (Å²) in [6, 6.07) is 11.2. The van der Waals surface area contributed by atoms with Crippen molar-refractivity contribution in [2.75, 3.05) is 21.3 Å². The fourth-order valence-electron chi connectivity index (χ4n) is 2.71. The van der Waals surface area contributed by atoms with E-state index in [-0.39, 0.29) is 0 Å². The lowest BCUT2D eigenvalue weighted by molar-refractivity contribution is -0.138. The van der Waals surface area contributed by atoms with Crippen LogP contribution in [-0.4, -0.2) is 32.4 Å². The van der Waals surface area contributed by atoms with Crippen molar-refractivity contribution >= 4 is 5.97 Å². The molecule has 0 aliphatic rings. The Morgan fingerprint density at radius 1 is 1.04 bits per heavy atom. The Morgan fingerprint density at radius 2 is 1.62 bits per heavy atom. The van der Waals surface area contributed by atoms with E-state index in [0.717, 1.165) is 11.1 Å². The van der Waals surface area contributed by atoms with Gasteiger partial charge in [-0.3, -0.25) is 4.79 Å². The number of carboxylic acids is 1. The zero-order valence-electron chi connectivity index (χ0n) is 14.3. The number of carboxylic acid groups (broad SMARTS) is 1. The molecule has 2 aromatic rings. The Kier molecular flexibility index (Phi) is 5.68. The molecule has 2 rings (SSSR count). The highest BCUT2D eigenvalue weighted by molar-refractivity contribution is 5.77. The second-order valence-electron chi connectivity index (χ2n) is 5.48. The van der Waals surface area contributed by atoms with Crippen molar-refractivity contribution in [2.45, 2.75) is 19.3 Å². The molecule has 5 nitrogen and oxygen atoms in total. The van der Waals surface area contributed by atoms with Gasteiger partial charge in [-0.2, -0.15) is 0 Å². The number of hydrogen-bond donors (Lipinski definition) is 1. The third kappa shape index (κ3) is 3.62. The normalized spacial score (nSPS) is 11.7. The Bertz CT molecular complexity index is 698. The molecule has 0 spiro atoms. The average molecular weight is 330 g/mol. The number of hydrogen-bond acceptors (Lipinski definition) is 4. The number of benzene rings is 2. The van der Waals surface area contributed by atoms with Gasteiger partial charge in [-0.05, 0) is 42.2 Å². The molecule has 0 saturated heterocycles. The molecule has 0 aliphatic carbocycles. The molecule has 24 heavy (non-hydrogen) atoms. The van der Waals surface area contributed by atoms with Crippen LogP contribution < -0.4 is 14.2 Å². The predicted molar refractivity (Wildman–Crippen MR) is 91.4 cm³/mol. The minimum atomic E-state index is -0.896. The molecular weight excluding hydrogens is 308 g/mol. The predicted octanol–water partition coefficient (Wildman–Crippen LogP) is 3.43. The van der Waals surface area contributed by atoms with Gasteiger partial charge in [0.2, 0.25) is 5.75 Å². The summed E-state index contributed by atoms with van der Waals surface area (Å²) in [4.78, 5) is 11.9. The van der Waals surface area contributed by atoms with Crippen LogP contribution in [0.25, 0.3) is 0 Å². The highest BCUT2D eigenvalue weighted by atomic mass is 16.5. The van der Waals surface area contributed by atoms with E-state index in [2.05, 4.69) is 0 Å². The minimum absolute atomic E-state index is 0.390. The summed E-state index contributed by atoms with van der Waals surface area (Å²) in [5.74, 6) is -0.262. The maximum absolute atomic E-state index is 11.9. The van der Waals surface area contributed by atoms with E-state index in [9.17, 15) is 9.90 Å². The number of aryl methyl sites for hydroxylation is 1. The van der Waals surface area contributed by atoms with E-state index < -0.39 is 11.9 Å². The van der Waals surface area contributed by atoms with Crippen molar-refractivity contribution in [1.82, 2.24) is 0 Å². The summed E-state index contributed by atoms with van der Waals surface area (Å²) < 4.78 is 15.9. The fourth-order valence-corrected chi connectivity index (χ4v) is 2.71. The van der Waals surface area contributed by atoms with Gasteiger partial charge in [0.25, 0.3) is 0 Å². The van der Waals surface area contributed by atoms with Crippen LogP contribution in [0.4, 0.5) is 0 Å². The molecule has 0 bridgehead atoms. The fraction of sp³-hybridized carbons (Fsp3) is 0.316. The number of aliphatic carboxylic acids is 1.